The lowest BCUT2D eigenvalue weighted by Gasteiger charge is -2.14. The van der Waals surface area contributed by atoms with E-state index in [1.54, 1.807) is 0 Å². The van der Waals surface area contributed by atoms with E-state index in [1.807, 2.05) is 21.0 Å². The molecule has 0 aromatic carbocycles. The maximum Gasteiger partial charge on any atom is 0.130 e. The van der Waals surface area contributed by atoms with E-state index in [0.29, 0.717) is 5.75 Å². The lowest BCUT2D eigenvalue weighted by atomic mass is 10.4. The summed E-state index contributed by atoms with van der Waals surface area (Å²) in [4.78, 5) is 2.06. The van der Waals surface area contributed by atoms with Crippen molar-refractivity contribution in [1.82, 2.24) is 4.90 Å². The number of ether oxygens (including phenoxy) is 1. The third kappa shape index (κ3) is 2.54. The minimum Gasteiger partial charge on any atom is -0.360 e. The minimum atomic E-state index is -0.763. The van der Waals surface area contributed by atoms with Gasteiger partial charge in [0, 0.05) is 6.54 Å². The predicted octanol–water partition coefficient (Wildman–Crippen LogP) is 0.0415. The molecule has 0 bridgehead atoms. The maximum absolute atomic E-state index is 11.1. The Kier molecular flexibility index (Phi) is 3.04. The van der Waals surface area contributed by atoms with Crippen LogP contribution in [0, 0.1) is 0 Å². The number of hydrogen-bond acceptors (Lipinski definition) is 3. The van der Waals surface area contributed by atoms with Gasteiger partial charge in [0.2, 0.25) is 0 Å². The molecule has 0 aliphatic carbocycles. The first-order valence-corrected chi connectivity index (χ1v) is 5.15. The number of nitrogens with zero attached hydrogens (tertiary/aromatic N) is 1. The highest BCUT2D eigenvalue weighted by atomic mass is 32.2. The van der Waals surface area contributed by atoms with Gasteiger partial charge in [0.15, 0.2) is 0 Å². The van der Waals surface area contributed by atoms with E-state index >= 15 is 0 Å². The summed E-state index contributed by atoms with van der Waals surface area (Å²) < 4.78 is 16.6. The molecular formula is C7H15NO2S. The molecule has 1 unspecified atom stereocenters. The standard InChI is InChI=1S/C7H15NO2S/c1-6-10-7(4-8(2)3)5-11(6)9/h6-7H,4-5H2,1-3H3/t6-,7+,11?/m0/s1. The molecule has 1 saturated heterocycles. The van der Waals surface area contributed by atoms with Crippen LogP contribution in [0.1, 0.15) is 6.92 Å². The number of hydrogen-bond donors (Lipinski definition) is 0. The SMILES string of the molecule is C[C@H]1O[C@H](CN(C)C)CS1=O. The summed E-state index contributed by atoms with van der Waals surface area (Å²) in [5.74, 6) is 0.694. The van der Waals surface area contributed by atoms with Gasteiger partial charge in [0.1, 0.15) is 5.44 Å². The average Bonchev–Trinajstić information content (AvgIpc) is 2.10. The fraction of sp³-hybridized carbons (Fsp3) is 1.00. The number of rotatable bonds is 2. The van der Waals surface area contributed by atoms with Crippen molar-refractivity contribution in [3.63, 3.8) is 0 Å². The van der Waals surface area contributed by atoms with E-state index in [4.69, 9.17) is 4.74 Å². The quantitative estimate of drug-likeness (QED) is 0.596. The van der Waals surface area contributed by atoms with Crippen LogP contribution in [0.2, 0.25) is 0 Å². The lowest BCUT2D eigenvalue weighted by molar-refractivity contribution is 0.0571. The summed E-state index contributed by atoms with van der Waals surface area (Å²) in [5.41, 5.74) is -0.0695. The Hall–Kier alpha value is 0.0700. The monoisotopic (exact) mass is 177 g/mol. The zero-order valence-corrected chi connectivity index (χ0v) is 8.06. The van der Waals surface area contributed by atoms with Gasteiger partial charge in [-0.1, -0.05) is 0 Å². The van der Waals surface area contributed by atoms with E-state index in [0.717, 1.165) is 6.54 Å². The first kappa shape index (κ1) is 9.16. The second-order valence-electron chi connectivity index (χ2n) is 3.14. The van der Waals surface area contributed by atoms with Crippen LogP contribution in [0.25, 0.3) is 0 Å². The Bertz CT molecular complexity index is 161. The van der Waals surface area contributed by atoms with Crippen molar-refractivity contribution in [2.45, 2.75) is 18.5 Å². The third-order valence-electron chi connectivity index (χ3n) is 1.67. The van der Waals surface area contributed by atoms with Gasteiger partial charge >= 0.3 is 0 Å². The first-order chi connectivity index (χ1) is 5.09. The molecule has 0 aromatic heterocycles. The largest absolute Gasteiger partial charge is 0.360 e. The van der Waals surface area contributed by atoms with E-state index < -0.39 is 10.8 Å². The molecule has 66 valence electrons. The van der Waals surface area contributed by atoms with Gasteiger partial charge in [-0.2, -0.15) is 0 Å². The normalized spacial score (nSPS) is 38.4. The molecular weight excluding hydrogens is 162 g/mol. The van der Waals surface area contributed by atoms with Crippen molar-refractivity contribution in [2.24, 2.45) is 0 Å². The summed E-state index contributed by atoms with van der Waals surface area (Å²) in [6.07, 6.45) is 0.167. The van der Waals surface area contributed by atoms with Crippen LogP contribution in [0.15, 0.2) is 0 Å². The molecule has 1 rings (SSSR count). The third-order valence-corrected chi connectivity index (χ3v) is 3.23. The van der Waals surface area contributed by atoms with Crippen LogP contribution in [0.3, 0.4) is 0 Å². The van der Waals surface area contributed by atoms with Crippen molar-refractivity contribution in [2.75, 3.05) is 26.4 Å². The molecule has 1 fully saturated rings. The van der Waals surface area contributed by atoms with Gasteiger partial charge in [-0.05, 0) is 21.0 Å². The fourth-order valence-corrected chi connectivity index (χ4v) is 2.30. The van der Waals surface area contributed by atoms with E-state index in [9.17, 15) is 4.21 Å². The Balaban J connectivity index is 2.35. The molecule has 1 aliphatic heterocycles. The smallest absolute Gasteiger partial charge is 0.130 e. The predicted molar refractivity (Wildman–Crippen MR) is 45.9 cm³/mol. The summed E-state index contributed by atoms with van der Waals surface area (Å²) in [7, 11) is 3.23. The second-order valence-corrected chi connectivity index (χ2v) is 4.89. The van der Waals surface area contributed by atoms with Gasteiger partial charge in [0.05, 0.1) is 22.7 Å². The molecule has 1 aliphatic rings. The first-order valence-electron chi connectivity index (χ1n) is 3.77. The van der Waals surface area contributed by atoms with Crippen LogP contribution in [-0.4, -0.2) is 47.0 Å². The average molecular weight is 177 g/mol. The van der Waals surface area contributed by atoms with Crippen molar-refractivity contribution in [1.29, 1.82) is 0 Å². The van der Waals surface area contributed by atoms with Gasteiger partial charge in [-0.25, -0.2) is 0 Å². The lowest BCUT2D eigenvalue weighted by Crippen LogP contribution is -2.27. The molecule has 11 heavy (non-hydrogen) atoms. The summed E-state index contributed by atoms with van der Waals surface area (Å²) in [6.45, 7) is 2.74. The summed E-state index contributed by atoms with van der Waals surface area (Å²) in [6, 6.07) is 0. The zero-order valence-electron chi connectivity index (χ0n) is 7.24. The van der Waals surface area contributed by atoms with Crippen LogP contribution >= 0.6 is 0 Å². The Morgan fingerprint density at radius 1 is 1.64 bits per heavy atom. The molecule has 3 nitrogen and oxygen atoms in total. The molecule has 0 saturated carbocycles. The molecule has 0 radical (unpaired) electrons. The Morgan fingerprint density at radius 3 is 2.64 bits per heavy atom. The highest BCUT2D eigenvalue weighted by Gasteiger charge is 2.28. The summed E-state index contributed by atoms with van der Waals surface area (Å²) >= 11 is 0. The van der Waals surface area contributed by atoms with Gasteiger partial charge in [0.25, 0.3) is 0 Å². The van der Waals surface area contributed by atoms with Crippen LogP contribution in [0.4, 0.5) is 0 Å². The molecule has 0 N–H and O–H groups in total. The zero-order chi connectivity index (χ0) is 8.43. The van der Waals surface area contributed by atoms with Crippen molar-refractivity contribution < 1.29 is 8.95 Å². The molecule has 0 aromatic rings. The van der Waals surface area contributed by atoms with Gasteiger partial charge in [-0.15, -0.1) is 0 Å². The Labute approximate surface area is 70.2 Å². The van der Waals surface area contributed by atoms with Crippen LogP contribution in [-0.2, 0) is 15.5 Å². The maximum atomic E-state index is 11.1. The van der Waals surface area contributed by atoms with Crippen LogP contribution < -0.4 is 0 Å². The van der Waals surface area contributed by atoms with E-state index in [2.05, 4.69) is 4.90 Å². The molecule has 1 heterocycles. The minimum absolute atomic E-state index is 0.0695. The molecule has 0 amide bonds. The van der Waals surface area contributed by atoms with Crippen molar-refractivity contribution in [3.05, 3.63) is 0 Å². The fourth-order valence-electron chi connectivity index (χ4n) is 1.19. The van der Waals surface area contributed by atoms with Crippen LogP contribution in [0.5, 0.6) is 0 Å². The summed E-state index contributed by atoms with van der Waals surface area (Å²) in [5, 5.41) is 0. The highest BCUT2D eigenvalue weighted by Crippen LogP contribution is 2.14. The molecule has 3 atom stereocenters. The highest BCUT2D eigenvalue weighted by molar-refractivity contribution is 7.85. The van der Waals surface area contributed by atoms with Crippen molar-refractivity contribution >= 4 is 10.8 Å². The van der Waals surface area contributed by atoms with E-state index in [1.165, 1.54) is 0 Å². The molecule has 4 heteroatoms. The Morgan fingerprint density at radius 2 is 2.27 bits per heavy atom. The number of likely N-dealkylation sites (N-methyl/N-ethyl adjacent to an activating group) is 1. The van der Waals surface area contributed by atoms with Crippen molar-refractivity contribution in [3.8, 4) is 0 Å². The van der Waals surface area contributed by atoms with Gasteiger partial charge in [-0.3, -0.25) is 4.21 Å². The second kappa shape index (κ2) is 3.65. The molecule has 0 spiro atoms. The van der Waals surface area contributed by atoms with E-state index in [-0.39, 0.29) is 11.5 Å². The van der Waals surface area contributed by atoms with Gasteiger partial charge < -0.3 is 9.64 Å². The topological polar surface area (TPSA) is 29.5 Å².